The predicted octanol–water partition coefficient (Wildman–Crippen LogP) is 5.46. The highest BCUT2D eigenvalue weighted by atomic mass is 32.1. The van der Waals surface area contributed by atoms with Gasteiger partial charge in [0.1, 0.15) is 18.1 Å². The van der Waals surface area contributed by atoms with Crippen LogP contribution in [0.5, 0.6) is 11.5 Å². The van der Waals surface area contributed by atoms with Gasteiger partial charge in [-0.2, -0.15) is 0 Å². The summed E-state index contributed by atoms with van der Waals surface area (Å²) in [6.07, 6.45) is 2.16. The third-order valence-corrected chi connectivity index (χ3v) is 5.93. The molecule has 3 aromatic rings. The van der Waals surface area contributed by atoms with Crippen molar-refractivity contribution in [3.05, 3.63) is 77.0 Å². The van der Waals surface area contributed by atoms with E-state index < -0.39 is 0 Å². The summed E-state index contributed by atoms with van der Waals surface area (Å²) in [4.78, 5) is 13.6. The van der Waals surface area contributed by atoms with Crippen molar-refractivity contribution in [3.63, 3.8) is 0 Å². The highest BCUT2D eigenvalue weighted by molar-refractivity contribution is 7.11. The number of carbonyl (C=O) groups is 1. The van der Waals surface area contributed by atoms with Gasteiger partial charge in [0.25, 0.3) is 0 Å². The lowest BCUT2D eigenvalue weighted by molar-refractivity contribution is -0.116. The molecule has 0 aliphatic carbocycles. The minimum atomic E-state index is 0.0269. The van der Waals surface area contributed by atoms with Crippen molar-refractivity contribution in [2.45, 2.75) is 12.3 Å². The number of anilines is 1. The standard InChI is InChI=1S/C23H21NO3S/c1-3-12-27-16-10-8-15(9-11-16)18-13-21(25)24-22-19(14-28-23(18)22)17-6-4-5-7-20(17)26-2/h3-11,14,18H,1,12-13H2,2H3,(H,24,25)/t18-/m0/s1. The molecule has 1 atom stereocenters. The lowest BCUT2D eigenvalue weighted by Gasteiger charge is -2.24. The Morgan fingerprint density at radius 3 is 2.71 bits per heavy atom. The molecule has 1 N–H and O–H groups in total. The molecule has 0 bridgehead atoms. The third-order valence-electron chi connectivity index (χ3n) is 4.84. The smallest absolute Gasteiger partial charge is 0.225 e. The van der Waals surface area contributed by atoms with Gasteiger partial charge in [0, 0.05) is 33.7 Å². The van der Waals surface area contributed by atoms with E-state index in [0.29, 0.717) is 13.0 Å². The number of para-hydroxylation sites is 1. The first-order chi connectivity index (χ1) is 13.7. The van der Waals surface area contributed by atoms with Gasteiger partial charge in [-0.25, -0.2) is 0 Å². The zero-order chi connectivity index (χ0) is 19.5. The van der Waals surface area contributed by atoms with Crippen LogP contribution >= 0.6 is 11.3 Å². The van der Waals surface area contributed by atoms with Gasteiger partial charge in [-0.05, 0) is 23.8 Å². The Morgan fingerprint density at radius 1 is 1.18 bits per heavy atom. The molecule has 0 spiro atoms. The van der Waals surface area contributed by atoms with E-state index in [-0.39, 0.29) is 11.8 Å². The minimum Gasteiger partial charge on any atom is -0.496 e. The summed E-state index contributed by atoms with van der Waals surface area (Å²) in [6, 6.07) is 15.8. The number of methoxy groups -OCH3 is 1. The Morgan fingerprint density at radius 2 is 1.96 bits per heavy atom. The SMILES string of the molecule is C=CCOc1ccc([C@@H]2CC(=O)Nc3c(-c4ccccc4OC)csc32)cc1. The van der Waals surface area contributed by atoms with Crippen LogP contribution in [-0.2, 0) is 4.79 Å². The number of ether oxygens (including phenoxy) is 2. The molecule has 1 aromatic heterocycles. The molecular weight excluding hydrogens is 370 g/mol. The number of benzene rings is 2. The van der Waals surface area contributed by atoms with Gasteiger partial charge in [0.15, 0.2) is 0 Å². The molecule has 0 saturated heterocycles. The highest BCUT2D eigenvalue weighted by Gasteiger charge is 2.31. The Labute approximate surface area is 168 Å². The summed E-state index contributed by atoms with van der Waals surface area (Å²) in [5.74, 6) is 1.65. The summed E-state index contributed by atoms with van der Waals surface area (Å²) >= 11 is 1.67. The number of nitrogens with one attached hydrogen (secondary N) is 1. The lowest BCUT2D eigenvalue weighted by Crippen LogP contribution is -2.22. The topological polar surface area (TPSA) is 47.6 Å². The van der Waals surface area contributed by atoms with Crippen LogP contribution in [0, 0.1) is 0 Å². The van der Waals surface area contributed by atoms with Crippen molar-refractivity contribution in [2.24, 2.45) is 0 Å². The van der Waals surface area contributed by atoms with E-state index in [4.69, 9.17) is 9.47 Å². The first-order valence-corrected chi connectivity index (χ1v) is 9.97. The number of carbonyl (C=O) groups excluding carboxylic acids is 1. The van der Waals surface area contributed by atoms with Crippen LogP contribution in [0.15, 0.2) is 66.6 Å². The maximum Gasteiger partial charge on any atom is 0.225 e. The minimum absolute atomic E-state index is 0.0269. The zero-order valence-corrected chi connectivity index (χ0v) is 16.4. The van der Waals surface area contributed by atoms with Gasteiger partial charge in [-0.15, -0.1) is 11.3 Å². The van der Waals surface area contributed by atoms with Crippen LogP contribution in [0.4, 0.5) is 5.69 Å². The summed E-state index contributed by atoms with van der Waals surface area (Å²) in [5.41, 5.74) is 3.98. The first-order valence-electron chi connectivity index (χ1n) is 9.09. The Bertz CT molecular complexity index is 1010. The normalized spacial score (nSPS) is 15.5. The summed E-state index contributed by atoms with van der Waals surface area (Å²) < 4.78 is 11.1. The molecular formula is C23H21NO3S. The largest absolute Gasteiger partial charge is 0.496 e. The van der Waals surface area contributed by atoms with E-state index in [1.54, 1.807) is 24.5 Å². The Hall–Kier alpha value is -3.05. The molecule has 1 aliphatic heterocycles. The van der Waals surface area contributed by atoms with Gasteiger partial charge in [-0.1, -0.05) is 43.0 Å². The van der Waals surface area contributed by atoms with Crippen LogP contribution in [0.3, 0.4) is 0 Å². The predicted molar refractivity (Wildman–Crippen MR) is 114 cm³/mol. The molecule has 2 heterocycles. The summed E-state index contributed by atoms with van der Waals surface area (Å²) in [7, 11) is 1.66. The maximum atomic E-state index is 12.5. The number of thiophene rings is 1. The van der Waals surface area contributed by atoms with E-state index in [0.717, 1.165) is 33.9 Å². The van der Waals surface area contributed by atoms with Gasteiger partial charge in [0.2, 0.25) is 5.91 Å². The number of hydrogen-bond donors (Lipinski definition) is 1. The van der Waals surface area contributed by atoms with E-state index >= 15 is 0 Å². The van der Waals surface area contributed by atoms with Gasteiger partial charge in [0.05, 0.1) is 12.8 Å². The van der Waals surface area contributed by atoms with Gasteiger partial charge < -0.3 is 14.8 Å². The fourth-order valence-corrected chi connectivity index (χ4v) is 4.67. The number of amides is 1. The molecule has 28 heavy (non-hydrogen) atoms. The highest BCUT2D eigenvalue weighted by Crippen LogP contribution is 2.48. The molecule has 1 aliphatic rings. The quantitative estimate of drug-likeness (QED) is 0.568. The summed E-state index contributed by atoms with van der Waals surface area (Å²) in [6.45, 7) is 4.14. The molecule has 142 valence electrons. The second kappa shape index (κ2) is 7.90. The van der Waals surface area contributed by atoms with Crippen molar-refractivity contribution in [2.75, 3.05) is 19.0 Å². The van der Waals surface area contributed by atoms with Crippen molar-refractivity contribution in [1.29, 1.82) is 0 Å². The average Bonchev–Trinajstić information content (AvgIpc) is 3.15. The Kier molecular flexibility index (Phi) is 5.17. The second-order valence-electron chi connectivity index (χ2n) is 6.56. The second-order valence-corrected chi connectivity index (χ2v) is 7.47. The molecule has 0 fully saturated rings. The van der Waals surface area contributed by atoms with Crippen LogP contribution in [0.2, 0.25) is 0 Å². The van der Waals surface area contributed by atoms with E-state index in [1.165, 1.54) is 4.88 Å². The van der Waals surface area contributed by atoms with Crippen LogP contribution in [-0.4, -0.2) is 19.6 Å². The maximum absolute atomic E-state index is 12.5. The third kappa shape index (κ3) is 3.41. The molecule has 0 radical (unpaired) electrons. The zero-order valence-electron chi connectivity index (χ0n) is 15.6. The van der Waals surface area contributed by atoms with Crippen LogP contribution in [0.1, 0.15) is 22.8 Å². The fraction of sp³-hybridized carbons (Fsp3) is 0.174. The fourth-order valence-electron chi connectivity index (χ4n) is 3.51. The molecule has 1 amide bonds. The first kappa shape index (κ1) is 18.3. The molecule has 4 nitrogen and oxygen atoms in total. The van der Waals surface area contributed by atoms with Crippen LogP contribution in [0.25, 0.3) is 11.1 Å². The Balaban J connectivity index is 1.71. The van der Waals surface area contributed by atoms with Crippen molar-refractivity contribution in [1.82, 2.24) is 0 Å². The van der Waals surface area contributed by atoms with E-state index in [2.05, 4.69) is 17.3 Å². The number of fused-ring (bicyclic) bond motifs is 1. The average molecular weight is 391 g/mol. The molecule has 4 rings (SSSR count). The van der Waals surface area contributed by atoms with E-state index in [1.807, 2.05) is 48.5 Å². The van der Waals surface area contributed by atoms with Crippen molar-refractivity contribution >= 4 is 22.9 Å². The lowest BCUT2D eigenvalue weighted by atomic mass is 9.89. The van der Waals surface area contributed by atoms with E-state index in [9.17, 15) is 4.79 Å². The van der Waals surface area contributed by atoms with Crippen LogP contribution < -0.4 is 14.8 Å². The number of hydrogen-bond acceptors (Lipinski definition) is 4. The molecule has 0 saturated carbocycles. The number of rotatable bonds is 6. The van der Waals surface area contributed by atoms with Crippen molar-refractivity contribution in [3.8, 4) is 22.6 Å². The van der Waals surface area contributed by atoms with Crippen molar-refractivity contribution < 1.29 is 14.3 Å². The summed E-state index contributed by atoms with van der Waals surface area (Å²) in [5, 5.41) is 5.18. The molecule has 2 aromatic carbocycles. The molecule has 5 heteroatoms. The molecule has 0 unspecified atom stereocenters. The van der Waals surface area contributed by atoms with Gasteiger partial charge >= 0.3 is 0 Å². The van der Waals surface area contributed by atoms with Gasteiger partial charge in [-0.3, -0.25) is 4.79 Å². The monoisotopic (exact) mass is 391 g/mol.